The second-order valence-corrected chi connectivity index (χ2v) is 5.62. The van der Waals surface area contributed by atoms with Gasteiger partial charge in [0, 0.05) is 24.7 Å². The molecule has 112 valence electrons. The van der Waals surface area contributed by atoms with Gasteiger partial charge in [0.15, 0.2) is 0 Å². The molecule has 1 aliphatic rings. The molecule has 4 nitrogen and oxygen atoms in total. The predicted octanol–water partition coefficient (Wildman–Crippen LogP) is 1.84. The molecule has 1 aromatic carbocycles. The van der Waals surface area contributed by atoms with E-state index >= 15 is 0 Å². The summed E-state index contributed by atoms with van der Waals surface area (Å²) in [6, 6.07) is 7.52. The van der Waals surface area contributed by atoms with Crippen molar-refractivity contribution < 1.29 is 14.6 Å². The highest BCUT2D eigenvalue weighted by molar-refractivity contribution is 6.30. The lowest BCUT2D eigenvalue weighted by molar-refractivity contribution is 0.0284. The van der Waals surface area contributed by atoms with E-state index in [0.717, 1.165) is 31.7 Å². The zero-order valence-corrected chi connectivity index (χ0v) is 12.3. The lowest BCUT2D eigenvalue weighted by Gasteiger charge is -2.14. The Balaban J connectivity index is 1.53. The predicted molar refractivity (Wildman–Crippen MR) is 78.9 cm³/mol. The summed E-state index contributed by atoms with van der Waals surface area (Å²) in [6.45, 7) is 3.96. The number of aliphatic hydroxyl groups is 1. The van der Waals surface area contributed by atoms with Crippen molar-refractivity contribution in [3.63, 3.8) is 0 Å². The molecule has 2 unspecified atom stereocenters. The molecule has 2 N–H and O–H groups in total. The molecule has 20 heavy (non-hydrogen) atoms. The molecule has 0 aliphatic carbocycles. The number of rotatable bonds is 8. The zero-order chi connectivity index (χ0) is 14.2. The Kier molecular flexibility index (Phi) is 6.76. The normalized spacial score (nSPS) is 20.2. The van der Waals surface area contributed by atoms with Crippen molar-refractivity contribution in [2.45, 2.75) is 19.1 Å². The van der Waals surface area contributed by atoms with Crippen molar-refractivity contribution in [2.75, 3.05) is 32.9 Å². The van der Waals surface area contributed by atoms with E-state index in [9.17, 15) is 5.11 Å². The molecular formula is C15H22ClNO3. The van der Waals surface area contributed by atoms with Gasteiger partial charge in [-0.25, -0.2) is 0 Å². The van der Waals surface area contributed by atoms with Crippen LogP contribution in [0.2, 0.25) is 5.02 Å². The molecule has 0 amide bonds. The van der Waals surface area contributed by atoms with Crippen LogP contribution in [0.25, 0.3) is 0 Å². The van der Waals surface area contributed by atoms with E-state index in [1.165, 1.54) is 0 Å². The summed E-state index contributed by atoms with van der Waals surface area (Å²) in [7, 11) is 0. The average Bonchev–Trinajstić information content (AvgIpc) is 2.94. The maximum atomic E-state index is 9.81. The summed E-state index contributed by atoms with van der Waals surface area (Å²) in [5, 5.41) is 13.8. The van der Waals surface area contributed by atoms with Gasteiger partial charge >= 0.3 is 0 Å². The van der Waals surface area contributed by atoms with Crippen molar-refractivity contribution >= 4 is 11.6 Å². The Labute approximate surface area is 125 Å². The number of hydrogen-bond donors (Lipinski definition) is 2. The number of benzene rings is 1. The molecule has 0 aromatic heterocycles. The highest BCUT2D eigenvalue weighted by Gasteiger charge is 2.15. The van der Waals surface area contributed by atoms with Gasteiger partial charge in [0.2, 0.25) is 0 Å². The van der Waals surface area contributed by atoms with E-state index in [2.05, 4.69) is 5.32 Å². The van der Waals surface area contributed by atoms with Gasteiger partial charge in [0.25, 0.3) is 0 Å². The first-order chi connectivity index (χ1) is 9.74. The molecule has 2 rings (SSSR count). The van der Waals surface area contributed by atoms with E-state index in [1.807, 2.05) is 24.3 Å². The molecule has 1 aromatic rings. The molecule has 1 fully saturated rings. The first-order valence-corrected chi connectivity index (χ1v) is 7.40. The third-order valence-electron chi connectivity index (χ3n) is 3.33. The minimum Gasteiger partial charge on any atom is -0.389 e. The summed E-state index contributed by atoms with van der Waals surface area (Å²) < 4.78 is 10.8. The Morgan fingerprint density at radius 1 is 1.40 bits per heavy atom. The molecule has 0 saturated carbocycles. The van der Waals surface area contributed by atoms with Crippen molar-refractivity contribution in [1.82, 2.24) is 5.32 Å². The Bertz CT molecular complexity index is 379. The summed E-state index contributed by atoms with van der Waals surface area (Å²) in [5.74, 6) is 0.581. The molecule has 0 bridgehead atoms. The quantitative estimate of drug-likeness (QED) is 0.769. The average molecular weight is 300 g/mol. The van der Waals surface area contributed by atoms with E-state index in [1.54, 1.807) is 0 Å². The fourth-order valence-electron chi connectivity index (χ4n) is 2.15. The van der Waals surface area contributed by atoms with Crippen LogP contribution >= 0.6 is 11.6 Å². The fraction of sp³-hybridized carbons (Fsp3) is 0.600. The maximum Gasteiger partial charge on any atom is 0.0897 e. The molecule has 1 saturated heterocycles. The lowest BCUT2D eigenvalue weighted by atomic mass is 10.1. The van der Waals surface area contributed by atoms with Gasteiger partial charge in [-0.2, -0.15) is 0 Å². The molecule has 1 heterocycles. The topological polar surface area (TPSA) is 50.7 Å². The molecule has 2 atom stereocenters. The zero-order valence-electron chi connectivity index (χ0n) is 11.6. The minimum absolute atomic E-state index is 0.330. The summed E-state index contributed by atoms with van der Waals surface area (Å²) in [4.78, 5) is 0. The molecule has 0 radical (unpaired) electrons. The van der Waals surface area contributed by atoms with Crippen LogP contribution in [-0.4, -0.2) is 44.1 Å². The molecule has 1 aliphatic heterocycles. The van der Waals surface area contributed by atoms with Crippen LogP contribution in [0.15, 0.2) is 24.3 Å². The van der Waals surface area contributed by atoms with Gasteiger partial charge in [0.05, 0.1) is 25.9 Å². The SMILES string of the molecule is OC(CNCC1CCOC1)COCc1ccc(Cl)cc1. The summed E-state index contributed by atoms with van der Waals surface area (Å²) in [5.41, 5.74) is 1.05. The monoisotopic (exact) mass is 299 g/mol. The van der Waals surface area contributed by atoms with Crippen LogP contribution < -0.4 is 5.32 Å². The lowest BCUT2D eigenvalue weighted by Crippen LogP contribution is -2.33. The number of ether oxygens (including phenoxy) is 2. The second kappa shape index (κ2) is 8.60. The smallest absolute Gasteiger partial charge is 0.0897 e. The Hall–Kier alpha value is -0.650. The first kappa shape index (κ1) is 15.7. The summed E-state index contributed by atoms with van der Waals surface area (Å²) in [6.07, 6.45) is 0.625. The summed E-state index contributed by atoms with van der Waals surface area (Å²) >= 11 is 5.81. The number of nitrogens with one attached hydrogen (secondary N) is 1. The van der Waals surface area contributed by atoms with Gasteiger partial charge in [-0.15, -0.1) is 0 Å². The van der Waals surface area contributed by atoms with Crippen LogP contribution in [0.5, 0.6) is 0 Å². The van der Waals surface area contributed by atoms with Crippen LogP contribution in [0.3, 0.4) is 0 Å². The van der Waals surface area contributed by atoms with Crippen molar-refractivity contribution in [3.8, 4) is 0 Å². The number of aliphatic hydroxyl groups excluding tert-OH is 1. The maximum absolute atomic E-state index is 9.81. The van der Waals surface area contributed by atoms with Crippen LogP contribution in [0.4, 0.5) is 0 Å². The van der Waals surface area contributed by atoms with Crippen LogP contribution in [0.1, 0.15) is 12.0 Å². The number of hydrogen-bond acceptors (Lipinski definition) is 4. The molecule has 0 spiro atoms. The van der Waals surface area contributed by atoms with Gasteiger partial charge in [-0.05, 0) is 30.0 Å². The van der Waals surface area contributed by atoms with E-state index < -0.39 is 6.10 Å². The number of halogens is 1. The fourth-order valence-corrected chi connectivity index (χ4v) is 2.28. The minimum atomic E-state index is -0.482. The van der Waals surface area contributed by atoms with Gasteiger partial charge in [-0.3, -0.25) is 0 Å². The van der Waals surface area contributed by atoms with Gasteiger partial charge in [0.1, 0.15) is 0 Å². The Morgan fingerprint density at radius 2 is 2.20 bits per heavy atom. The third-order valence-corrected chi connectivity index (χ3v) is 3.58. The van der Waals surface area contributed by atoms with Crippen LogP contribution in [-0.2, 0) is 16.1 Å². The Morgan fingerprint density at radius 3 is 2.90 bits per heavy atom. The standard InChI is InChI=1S/C15H22ClNO3/c16-14-3-1-12(2-4-14)9-20-11-15(18)8-17-7-13-5-6-19-10-13/h1-4,13,15,17-18H,5-11H2. The first-order valence-electron chi connectivity index (χ1n) is 7.03. The van der Waals surface area contributed by atoms with E-state index in [-0.39, 0.29) is 0 Å². The highest BCUT2D eigenvalue weighted by atomic mass is 35.5. The van der Waals surface area contributed by atoms with Crippen molar-refractivity contribution in [2.24, 2.45) is 5.92 Å². The second-order valence-electron chi connectivity index (χ2n) is 5.18. The van der Waals surface area contributed by atoms with E-state index in [4.69, 9.17) is 21.1 Å². The molecule has 5 heteroatoms. The largest absolute Gasteiger partial charge is 0.389 e. The molecular weight excluding hydrogens is 278 g/mol. The van der Waals surface area contributed by atoms with Crippen molar-refractivity contribution in [1.29, 1.82) is 0 Å². The van der Waals surface area contributed by atoms with Crippen LogP contribution in [0, 0.1) is 5.92 Å². The van der Waals surface area contributed by atoms with Crippen molar-refractivity contribution in [3.05, 3.63) is 34.9 Å². The third kappa shape index (κ3) is 5.77. The van der Waals surface area contributed by atoms with E-state index in [0.29, 0.717) is 30.7 Å². The van der Waals surface area contributed by atoms with Gasteiger partial charge in [-0.1, -0.05) is 23.7 Å². The van der Waals surface area contributed by atoms with Gasteiger partial charge < -0.3 is 19.9 Å². The highest BCUT2D eigenvalue weighted by Crippen LogP contribution is 2.11.